The first-order valence-corrected chi connectivity index (χ1v) is 15.6. The topological polar surface area (TPSA) is 127 Å². The van der Waals surface area contributed by atoms with Crippen LogP contribution >= 0.6 is 0 Å². The summed E-state index contributed by atoms with van der Waals surface area (Å²) in [4.78, 5) is 46.4. The number of nitrogens with one attached hydrogen (secondary N) is 2. The molecule has 2 saturated heterocycles. The molecule has 0 bridgehead atoms. The van der Waals surface area contributed by atoms with E-state index in [1.165, 1.54) is 7.11 Å². The fourth-order valence-electron chi connectivity index (χ4n) is 5.60. The number of benzene rings is 2. The van der Waals surface area contributed by atoms with Crippen LogP contribution in [-0.4, -0.2) is 93.4 Å². The molecule has 0 saturated carbocycles. The molecular weight excluding hydrogens is 588 g/mol. The van der Waals surface area contributed by atoms with E-state index in [2.05, 4.69) is 32.5 Å². The molecule has 1 unspecified atom stereocenters. The summed E-state index contributed by atoms with van der Waals surface area (Å²) in [6.45, 7) is 4.38. The van der Waals surface area contributed by atoms with Crippen LogP contribution in [0.25, 0.3) is 0 Å². The predicted molar refractivity (Wildman–Crippen MR) is 178 cm³/mol. The molecule has 2 aliphatic heterocycles. The van der Waals surface area contributed by atoms with Crippen molar-refractivity contribution in [1.82, 2.24) is 9.47 Å². The summed E-state index contributed by atoms with van der Waals surface area (Å²) in [6, 6.07) is 12.9. The van der Waals surface area contributed by atoms with E-state index in [1.54, 1.807) is 36.0 Å². The Kier molecular flexibility index (Phi) is 11.1. The van der Waals surface area contributed by atoms with Gasteiger partial charge in [-0.25, -0.2) is 0 Å². The number of aliphatic imine (C=N–C) groups is 1. The van der Waals surface area contributed by atoms with Crippen LogP contribution in [0.4, 0.5) is 22.7 Å². The Morgan fingerprint density at radius 2 is 1.80 bits per heavy atom. The molecule has 1 atom stereocenters. The molecule has 2 aliphatic rings. The zero-order chi connectivity index (χ0) is 32.5. The third-order valence-corrected chi connectivity index (χ3v) is 8.23. The number of carbonyl (C=O) groups is 3. The number of ether oxygens (including phenoxy) is 3. The standard InChI is InChI=1S/C34H42N6O6/c1-38-12-4-6-28(38)21-35-29-20-32(31(44-3)18-24(29)23-41)46-15-5-7-33(42)36-26-19-30(39(2)22-26)34(43)37-25-8-10-27(11-9-25)40-13-16-45-17-14-40/h8-11,18-23,28H,4-7,12-17H2,1-3H3,(H,36,42)(H,37,43). The van der Waals surface area contributed by atoms with Crippen molar-refractivity contribution >= 4 is 47.1 Å². The van der Waals surface area contributed by atoms with Gasteiger partial charge in [-0.2, -0.15) is 0 Å². The number of rotatable bonds is 13. The molecule has 5 rings (SSSR count). The van der Waals surface area contributed by atoms with Crippen molar-refractivity contribution in [1.29, 1.82) is 0 Å². The van der Waals surface area contributed by atoms with Crippen LogP contribution in [0.2, 0.25) is 0 Å². The largest absolute Gasteiger partial charge is 0.493 e. The SMILES string of the molecule is COc1cc(C=O)c(N=CC2CCCN2C)cc1OCCCC(=O)Nc1cc(C(=O)Nc2ccc(N3CCOCC3)cc2)n(C)c1. The summed E-state index contributed by atoms with van der Waals surface area (Å²) < 4.78 is 18.5. The second kappa shape index (κ2) is 15.5. The molecule has 12 heteroatoms. The van der Waals surface area contributed by atoms with E-state index in [4.69, 9.17) is 14.2 Å². The van der Waals surface area contributed by atoms with Gasteiger partial charge in [0.15, 0.2) is 17.8 Å². The molecular formula is C34H42N6O6. The lowest BCUT2D eigenvalue weighted by atomic mass is 10.1. The fourth-order valence-corrected chi connectivity index (χ4v) is 5.60. The van der Waals surface area contributed by atoms with Crippen LogP contribution in [0, 0.1) is 0 Å². The van der Waals surface area contributed by atoms with Crippen LogP contribution in [0.3, 0.4) is 0 Å². The van der Waals surface area contributed by atoms with Gasteiger partial charge in [0.2, 0.25) is 5.91 Å². The van der Waals surface area contributed by atoms with Crippen LogP contribution in [0.1, 0.15) is 46.5 Å². The van der Waals surface area contributed by atoms with Crippen molar-refractivity contribution in [3.8, 4) is 11.5 Å². The van der Waals surface area contributed by atoms with Crippen molar-refractivity contribution in [2.45, 2.75) is 31.7 Å². The fraction of sp³-hybridized carbons (Fsp3) is 0.412. The lowest BCUT2D eigenvalue weighted by Gasteiger charge is -2.28. The smallest absolute Gasteiger partial charge is 0.272 e. The number of anilines is 3. The molecule has 2 N–H and O–H groups in total. The first-order chi connectivity index (χ1) is 22.3. The Hall–Kier alpha value is -4.68. The first kappa shape index (κ1) is 32.7. The monoisotopic (exact) mass is 630 g/mol. The Labute approximate surface area is 269 Å². The van der Waals surface area contributed by atoms with Crippen molar-refractivity contribution in [3.05, 3.63) is 59.9 Å². The summed E-state index contributed by atoms with van der Waals surface area (Å²) in [6.07, 6.45) is 7.12. The molecule has 2 amide bonds. The van der Waals surface area contributed by atoms with Gasteiger partial charge in [0.25, 0.3) is 5.91 Å². The molecule has 0 radical (unpaired) electrons. The maximum Gasteiger partial charge on any atom is 0.272 e. The number of morpholine rings is 1. The number of hydrogen-bond acceptors (Lipinski definition) is 9. The lowest BCUT2D eigenvalue weighted by molar-refractivity contribution is -0.116. The van der Waals surface area contributed by atoms with Gasteiger partial charge in [-0.3, -0.25) is 24.3 Å². The highest BCUT2D eigenvalue weighted by molar-refractivity contribution is 6.04. The Morgan fingerprint density at radius 3 is 2.50 bits per heavy atom. The maximum absolute atomic E-state index is 13.0. The summed E-state index contributed by atoms with van der Waals surface area (Å²) in [5, 5.41) is 5.79. The summed E-state index contributed by atoms with van der Waals surface area (Å²) >= 11 is 0. The number of amides is 2. The van der Waals surface area contributed by atoms with E-state index in [1.807, 2.05) is 30.5 Å². The van der Waals surface area contributed by atoms with Crippen molar-refractivity contribution in [2.75, 3.05) is 69.1 Å². The van der Waals surface area contributed by atoms with Gasteiger partial charge in [0.1, 0.15) is 5.69 Å². The van der Waals surface area contributed by atoms with Gasteiger partial charge < -0.3 is 34.3 Å². The molecule has 2 aromatic carbocycles. The second-order valence-electron chi connectivity index (χ2n) is 11.5. The molecule has 3 heterocycles. The zero-order valence-corrected chi connectivity index (χ0v) is 26.7. The van der Waals surface area contributed by atoms with Crippen LogP contribution < -0.4 is 25.0 Å². The molecule has 46 heavy (non-hydrogen) atoms. The minimum atomic E-state index is -0.274. The summed E-state index contributed by atoms with van der Waals surface area (Å²) in [5.41, 5.74) is 3.65. The van der Waals surface area contributed by atoms with Crippen LogP contribution in [0.5, 0.6) is 11.5 Å². The molecule has 244 valence electrons. The van der Waals surface area contributed by atoms with E-state index < -0.39 is 0 Å². The average Bonchev–Trinajstić information content (AvgIpc) is 3.66. The normalized spacial score (nSPS) is 16.8. The average molecular weight is 631 g/mol. The third-order valence-electron chi connectivity index (χ3n) is 8.23. The van der Waals surface area contributed by atoms with Crippen LogP contribution in [-0.2, 0) is 16.6 Å². The molecule has 3 aromatic rings. The van der Waals surface area contributed by atoms with Crippen molar-refractivity contribution < 1.29 is 28.6 Å². The first-order valence-electron chi connectivity index (χ1n) is 15.6. The van der Waals surface area contributed by atoms with E-state index in [9.17, 15) is 14.4 Å². The number of aromatic nitrogens is 1. The maximum atomic E-state index is 13.0. The van der Waals surface area contributed by atoms with Gasteiger partial charge in [-0.1, -0.05) is 0 Å². The molecule has 0 spiro atoms. The molecule has 12 nitrogen and oxygen atoms in total. The predicted octanol–water partition coefficient (Wildman–Crippen LogP) is 4.53. The second-order valence-corrected chi connectivity index (χ2v) is 11.5. The summed E-state index contributed by atoms with van der Waals surface area (Å²) in [5.74, 6) is 0.402. The lowest BCUT2D eigenvalue weighted by Crippen LogP contribution is -2.36. The van der Waals surface area contributed by atoms with Gasteiger partial charge >= 0.3 is 0 Å². The van der Waals surface area contributed by atoms with E-state index in [0.29, 0.717) is 59.5 Å². The molecule has 0 aliphatic carbocycles. The number of aldehydes is 1. The van der Waals surface area contributed by atoms with Gasteiger partial charge in [-0.15, -0.1) is 0 Å². The number of aryl methyl sites for hydroxylation is 1. The van der Waals surface area contributed by atoms with Gasteiger partial charge in [0.05, 0.1) is 38.3 Å². The van der Waals surface area contributed by atoms with Gasteiger partial charge in [0, 0.05) is 68.0 Å². The quantitative estimate of drug-likeness (QED) is 0.160. The van der Waals surface area contributed by atoms with Gasteiger partial charge in [-0.05, 0) is 69.3 Å². The Balaban J connectivity index is 1.11. The number of carbonyl (C=O) groups excluding carboxylic acids is 3. The van der Waals surface area contributed by atoms with E-state index >= 15 is 0 Å². The van der Waals surface area contributed by atoms with Crippen molar-refractivity contribution in [2.24, 2.45) is 12.0 Å². The van der Waals surface area contributed by atoms with E-state index in [-0.39, 0.29) is 30.9 Å². The highest BCUT2D eigenvalue weighted by atomic mass is 16.5. The summed E-state index contributed by atoms with van der Waals surface area (Å²) in [7, 11) is 5.33. The minimum absolute atomic E-state index is 0.200. The number of methoxy groups -OCH3 is 1. The Bertz CT molecular complexity index is 1550. The number of likely N-dealkylation sites (tertiary alicyclic amines) is 1. The third kappa shape index (κ3) is 8.32. The highest BCUT2D eigenvalue weighted by Gasteiger charge is 2.20. The Morgan fingerprint density at radius 1 is 1.02 bits per heavy atom. The number of nitrogens with zero attached hydrogens (tertiary/aromatic N) is 4. The molecule has 1 aromatic heterocycles. The van der Waals surface area contributed by atoms with E-state index in [0.717, 1.165) is 44.4 Å². The number of hydrogen-bond donors (Lipinski definition) is 2. The zero-order valence-electron chi connectivity index (χ0n) is 26.7. The highest BCUT2D eigenvalue weighted by Crippen LogP contribution is 2.35. The van der Waals surface area contributed by atoms with Crippen LogP contribution in [0.15, 0.2) is 53.7 Å². The van der Waals surface area contributed by atoms with Crippen molar-refractivity contribution in [3.63, 3.8) is 0 Å². The molecule has 2 fully saturated rings. The minimum Gasteiger partial charge on any atom is -0.493 e.